The van der Waals surface area contributed by atoms with Gasteiger partial charge in [-0.15, -0.1) is 24.8 Å². The normalized spacial score (nSPS) is 15.7. The second-order valence-corrected chi connectivity index (χ2v) is 9.76. The number of aromatic amines is 1. The maximum absolute atomic E-state index is 13.6. The van der Waals surface area contributed by atoms with E-state index in [0.717, 1.165) is 16.5 Å². The SMILES string of the molecule is Cl.Cl.O=C(c1cc(C(F)(F)F)cc(C(F)(F)F)c1)N1CCN(CC#Cc2ccccn2)C[C@H]1Cc1c[nH]c2ccccc12. The lowest BCUT2D eigenvalue weighted by Gasteiger charge is -2.41. The standard InChI is InChI=1S/C30H24F6N4O.2ClH/c31-29(32,33)22-14-20(15-23(17-22)30(34,35)36)28(41)40-13-12-39(11-5-7-24-6-3-4-10-37-24)19-25(40)16-21-18-38-27-9-2-1-8-26(21)27;;/h1-4,6,8-10,14-15,17-18,25,38H,11-13,16,19H2;2*1H/t25-;;/m1../s1. The van der Waals surface area contributed by atoms with Crippen molar-refractivity contribution >= 4 is 41.6 Å². The Hall–Kier alpha value is -3.72. The van der Waals surface area contributed by atoms with Gasteiger partial charge in [-0.25, -0.2) is 4.98 Å². The molecule has 1 amide bonds. The molecule has 0 saturated carbocycles. The summed E-state index contributed by atoms with van der Waals surface area (Å²) in [5.41, 5.74) is -1.34. The summed E-state index contributed by atoms with van der Waals surface area (Å²) in [5, 5.41) is 0.922. The van der Waals surface area contributed by atoms with Crippen LogP contribution in [0.4, 0.5) is 26.3 Å². The molecule has 2 aromatic carbocycles. The first-order valence-corrected chi connectivity index (χ1v) is 12.8. The fourth-order valence-corrected chi connectivity index (χ4v) is 4.98. The van der Waals surface area contributed by atoms with E-state index in [-0.39, 0.29) is 37.4 Å². The Morgan fingerprint density at radius 3 is 2.26 bits per heavy atom. The van der Waals surface area contributed by atoms with Gasteiger partial charge in [-0.2, -0.15) is 26.3 Å². The van der Waals surface area contributed by atoms with Crippen molar-refractivity contribution in [3.05, 3.63) is 101 Å². The van der Waals surface area contributed by atoms with Crippen LogP contribution in [0.5, 0.6) is 0 Å². The number of benzene rings is 2. The largest absolute Gasteiger partial charge is 0.416 e. The van der Waals surface area contributed by atoms with Crippen LogP contribution in [-0.2, 0) is 18.8 Å². The zero-order chi connectivity index (χ0) is 29.2. The number of pyridine rings is 1. The van der Waals surface area contributed by atoms with E-state index in [1.54, 1.807) is 24.5 Å². The summed E-state index contributed by atoms with van der Waals surface area (Å²) < 4.78 is 80.9. The molecule has 0 radical (unpaired) electrons. The third kappa shape index (κ3) is 8.02. The molecule has 0 bridgehead atoms. The maximum atomic E-state index is 13.6. The van der Waals surface area contributed by atoms with Crippen molar-refractivity contribution < 1.29 is 31.1 Å². The number of carbonyl (C=O) groups excluding carboxylic acids is 1. The monoisotopic (exact) mass is 642 g/mol. The number of nitrogens with zero attached hydrogens (tertiary/aromatic N) is 3. The summed E-state index contributed by atoms with van der Waals surface area (Å²) in [6.45, 7) is 1.13. The Labute approximate surface area is 256 Å². The van der Waals surface area contributed by atoms with E-state index in [4.69, 9.17) is 0 Å². The van der Waals surface area contributed by atoms with Crippen LogP contribution < -0.4 is 0 Å². The first kappa shape index (κ1) is 33.8. The summed E-state index contributed by atoms with van der Waals surface area (Å²) in [7, 11) is 0. The number of aromatic nitrogens is 2. The van der Waals surface area contributed by atoms with Crippen LogP contribution in [0.1, 0.15) is 32.7 Å². The zero-order valence-corrected chi connectivity index (χ0v) is 24.0. The van der Waals surface area contributed by atoms with Gasteiger partial charge in [-0.1, -0.05) is 30.2 Å². The molecule has 1 aliphatic heterocycles. The minimum Gasteiger partial charge on any atom is -0.361 e. The molecule has 5 nitrogen and oxygen atoms in total. The smallest absolute Gasteiger partial charge is 0.361 e. The maximum Gasteiger partial charge on any atom is 0.416 e. The molecule has 5 rings (SSSR count). The number of carbonyl (C=O) groups is 1. The van der Waals surface area contributed by atoms with Crippen LogP contribution in [0.3, 0.4) is 0 Å². The number of para-hydroxylation sites is 1. The summed E-state index contributed by atoms with van der Waals surface area (Å²) in [5.74, 6) is 5.15. The molecule has 228 valence electrons. The zero-order valence-electron chi connectivity index (χ0n) is 22.4. The first-order valence-electron chi connectivity index (χ1n) is 12.8. The van der Waals surface area contributed by atoms with Gasteiger partial charge in [-0.3, -0.25) is 9.69 Å². The van der Waals surface area contributed by atoms with E-state index in [9.17, 15) is 31.1 Å². The Bertz CT molecular complexity index is 1580. The van der Waals surface area contributed by atoms with Gasteiger partial charge in [0.15, 0.2) is 0 Å². The molecule has 1 fully saturated rings. The van der Waals surface area contributed by atoms with Crippen LogP contribution in [0.25, 0.3) is 10.9 Å². The number of nitrogens with one attached hydrogen (secondary N) is 1. The van der Waals surface area contributed by atoms with Gasteiger partial charge in [0.25, 0.3) is 5.91 Å². The number of halogens is 8. The van der Waals surface area contributed by atoms with Gasteiger partial charge in [0.1, 0.15) is 5.69 Å². The molecule has 0 spiro atoms. The molecule has 2 aromatic heterocycles. The first-order chi connectivity index (χ1) is 19.5. The predicted molar refractivity (Wildman–Crippen MR) is 155 cm³/mol. The number of rotatable bonds is 4. The lowest BCUT2D eigenvalue weighted by molar-refractivity contribution is -0.143. The number of H-pyrrole nitrogens is 1. The number of hydrogen-bond donors (Lipinski definition) is 1. The highest BCUT2D eigenvalue weighted by atomic mass is 35.5. The van der Waals surface area contributed by atoms with Crippen molar-refractivity contribution in [2.45, 2.75) is 24.8 Å². The fourth-order valence-electron chi connectivity index (χ4n) is 4.98. The second-order valence-electron chi connectivity index (χ2n) is 9.76. The van der Waals surface area contributed by atoms with Crippen LogP contribution >= 0.6 is 24.8 Å². The van der Waals surface area contributed by atoms with E-state index in [1.165, 1.54) is 4.90 Å². The van der Waals surface area contributed by atoms with Gasteiger partial charge in [0.2, 0.25) is 0 Å². The minimum atomic E-state index is -5.05. The lowest BCUT2D eigenvalue weighted by Crippen LogP contribution is -2.56. The third-order valence-corrected chi connectivity index (χ3v) is 6.98. The summed E-state index contributed by atoms with van der Waals surface area (Å²) in [6.07, 6.45) is -6.33. The molecule has 1 aliphatic rings. The number of alkyl halides is 6. The van der Waals surface area contributed by atoms with E-state index < -0.39 is 41.0 Å². The molecule has 1 atom stereocenters. The molecular formula is C30H26Cl2F6N4O. The molecular weight excluding hydrogens is 617 g/mol. The molecule has 0 aliphatic carbocycles. The Balaban J connectivity index is 0.00000253. The van der Waals surface area contributed by atoms with Crippen molar-refractivity contribution in [3.63, 3.8) is 0 Å². The van der Waals surface area contributed by atoms with Crippen LogP contribution in [-0.4, -0.2) is 57.9 Å². The minimum absolute atomic E-state index is 0. The van der Waals surface area contributed by atoms with E-state index in [0.29, 0.717) is 43.9 Å². The molecule has 3 heterocycles. The molecule has 1 N–H and O–H groups in total. The van der Waals surface area contributed by atoms with Gasteiger partial charge >= 0.3 is 12.4 Å². The lowest BCUT2D eigenvalue weighted by atomic mass is 9.98. The molecule has 13 heteroatoms. The molecule has 1 saturated heterocycles. The van der Waals surface area contributed by atoms with Crippen LogP contribution in [0, 0.1) is 11.8 Å². The fraction of sp³-hybridized carbons (Fsp3) is 0.267. The average Bonchev–Trinajstić information content (AvgIpc) is 3.35. The highest BCUT2D eigenvalue weighted by molar-refractivity contribution is 5.95. The van der Waals surface area contributed by atoms with Crippen molar-refractivity contribution in [1.82, 2.24) is 19.8 Å². The molecule has 0 unspecified atom stereocenters. The predicted octanol–water partition coefficient (Wildman–Crippen LogP) is 6.86. The van der Waals surface area contributed by atoms with Gasteiger partial charge in [0.05, 0.1) is 17.7 Å². The Morgan fingerprint density at radius 2 is 1.60 bits per heavy atom. The summed E-state index contributed by atoms with van der Waals surface area (Å²) in [6, 6.07) is 13.4. The number of amides is 1. The molecule has 4 aromatic rings. The van der Waals surface area contributed by atoms with Crippen molar-refractivity contribution in [1.29, 1.82) is 0 Å². The van der Waals surface area contributed by atoms with Crippen LogP contribution in [0.2, 0.25) is 0 Å². The van der Waals surface area contributed by atoms with E-state index >= 15 is 0 Å². The topological polar surface area (TPSA) is 52.2 Å². The van der Waals surface area contributed by atoms with Crippen molar-refractivity contribution in [2.24, 2.45) is 0 Å². The number of hydrogen-bond acceptors (Lipinski definition) is 3. The quantitative estimate of drug-likeness (QED) is 0.195. The average molecular weight is 643 g/mol. The number of piperazine rings is 1. The van der Waals surface area contributed by atoms with Gasteiger partial charge in [-0.05, 0) is 54.3 Å². The highest BCUT2D eigenvalue weighted by Gasteiger charge is 2.39. The second kappa shape index (κ2) is 13.7. The van der Waals surface area contributed by atoms with Gasteiger partial charge in [0, 0.05) is 54.5 Å². The summed E-state index contributed by atoms with van der Waals surface area (Å²) in [4.78, 5) is 24.3. The summed E-state index contributed by atoms with van der Waals surface area (Å²) >= 11 is 0. The van der Waals surface area contributed by atoms with Crippen molar-refractivity contribution in [3.8, 4) is 11.8 Å². The van der Waals surface area contributed by atoms with E-state index in [2.05, 4.69) is 21.8 Å². The molecule has 43 heavy (non-hydrogen) atoms. The highest BCUT2D eigenvalue weighted by Crippen LogP contribution is 2.37. The Morgan fingerprint density at radius 1 is 0.930 bits per heavy atom. The number of fused-ring (bicyclic) bond motifs is 1. The third-order valence-electron chi connectivity index (χ3n) is 6.98. The van der Waals surface area contributed by atoms with E-state index in [1.807, 2.05) is 35.2 Å². The van der Waals surface area contributed by atoms with Crippen LogP contribution in [0.15, 0.2) is 73.1 Å². The Kier molecular flexibility index (Phi) is 10.8. The van der Waals surface area contributed by atoms with Crippen molar-refractivity contribution in [2.75, 3.05) is 26.2 Å². The van der Waals surface area contributed by atoms with Gasteiger partial charge < -0.3 is 9.88 Å².